The number of carbonyl (C=O) groups is 2. The average molecular weight is 349 g/mol. The first-order valence-corrected chi connectivity index (χ1v) is 8.33. The molecule has 0 aliphatic heterocycles. The van der Waals surface area contributed by atoms with Crippen LogP contribution in [0.4, 0.5) is 0 Å². The smallest absolute Gasteiger partial charge is 0.337 e. The number of aromatic nitrogens is 1. The van der Waals surface area contributed by atoms with E-state index in [1.165, 1.54) is 7.11 Å². The predicted molar refractivity (Wildman–Crippen MR) is 97.6 cm³/mol. The number of aryl methyl sites for hydroxylation is 1. The van der Waals surface area contributed by atoms with Crippen LogP contribution in [-0.4, -0.2) is 24.0 Å². The van der Waals surface area contributed by atoms with Crippen molar-refractivity contribution in [3.8, 4) is 0 Å². The SMILES string of the molecule is COC(=O)c1cccc(COC(=O)CCc2ccc3ccccc3n2)c1. The van der Waals surface area contributed by atoms with E-state index in [1.807, 2.05) is 36.4 Å². The molecule has 0 aliphatic carbocycles. The fraction of sp³-hybridized carbons (Fsp3) is 0.190. The molecule has 0 spiro atoms. The van der Waals surface area contributed by atoms with Crippen molar-refractivity contribution in [2.45, 2.75) is 19.4 Å². The summed E-state index contributed by atoms with van der Waals surface area (Å²) in [6.45, 7) is 0.120. The molecule has 3 rings (SSSR count). The van der Waals surface area contributed by atoms with Crippen LogP contribution in [-0.2, 0) is 27.3 Å². The number of para-hydroxylation sites is 1. The van der Waals surface area contributed by atoms with Gasteiger partial charge in [0.2, 0.25) is 0 Å². The second kappa shape index (κ2) is 8.25. The van der Waals surface area contributed by atoms with Gasteiger partial charge in [-0.15, -0.1) is 0 Å². The van der Waals surface area contributed by atoms with Crippen molar-refractivity contribution in [2.24, 2.45) is 0 Å². The van der Waals surface area contributed by atoms with Crippen LogP contribution in [0.5, 0.6) is 0 Å². The lowest BCUT2D eigenvalue weighted by atomic mass is 10.1. The second-order valence-corrected chi connectivity index (χ2v) is 5.85. The molecule has 1 heterocycles. The van der Waals surface area contributed by atoms with Gasteiger partial charge in [0.25, 0.3) is 0 Å². The van der Waals surface area contributed by atoms with E-state index in [1.54, 1.807) is 24.3 Å². The van der Waals surface area contributed by atoms with Crippen molar-refractivity contribution >= 4 is 22.8 Å². The number of pyridine rings is 1. The van der Waals surface area contributed by atoms with Gasteiger partial charge in [-0.1, -0.05) is 36.4 Å². The maximum atomic E-state index is 12.0. The number of carbonyl (C=O) groups excluding carboxylic acids is 2. The largest absolute Gasteiger partial charge is 0.465 e. The molecule has 0 bridgehead atoms. The molecule has 1 aromatic heterocycles. The van der Waals surface area contributed by atoms with Crippen LogP contribution in [0.1, 0.15) is 28.0 Å². The van der Waals surface area contributed by atoms with E-state index >= 15 is 0 Å². The van der Waals surface area contributed by atoms with Crippen LogP contribution in [0.2, 0.25) is 0 Å². The molecule has 3 aromatic rings. The Morgan fingerprint density at radius 2 is 1.85 bits per heavy atom. The fourth-order valence-corrected chi connectivity index (χ4v) is 2.62. The van der Waals surface area contributed by atoms with Gasteiger partial charge in [-0.2, -0.15) is 0 Å². The first-order chi connectivity index (χ1) is 12.7. The van der Waals surface area contributed by atoms with Crippen molar-refractivity contribution in [2.75, 3.05) is 7.11 Å². The van der Waals surface area contributed by atoms with Crippen LogP contribution < -0.4 is 0 Å². The van der Waals surface area contributed by atoms with Crippen molar-refractivity contribution < 1.29 is 19.1 Å². The van der Waals surface area contributed by atoms with Crippen molar-refractivity contribution in [1.82, 2.24) is 4.98 Å². The Kier molecular flexibility index (Phi) is 5.59. The van der Waals surface area contributed by atoms with Gasteiger partial charge in [0, 0.05) is 17.5 Å². The summed E-state index contributed by atoms with van der Waals surface area (Å²) in [5.74, 6) is -0.719. The normalized spacial score (nSPS) is 10.5. The van der Waals surface area contributed by atoms with Gasteiger partial charge in [-0.3, -0.25) is 9.78 Å². The quantitative estimate of drug-likeness (QED) is 0.635. The van der Waals surface area contributed by atoms with E-state index in [0.717, 1.165) is 22.2 Å². The molecule has 2 aromatic carbocycles. The highest BCUT2D eigenvalue weighted by Gasteiger charge is 2.08. The van der Waals surface area contributed by atoms with E-state index in [4.69, 9.17) is 4.74 Å². The molecular weight excluding hydrogens is 330 g/mol. The minimum atomic E-state index is -0.416. The minimum absolute atomic E-state index is 0.120. The number of esters is 2. The highest BCUT2D eigenvalue weighted by molar-refractivity contribution is 5.89. The highest BCUT2D eigenvalue weighted by atomic mass is 16.5. The maximum absolute atomic E-state index is 12.0. The van der Waals surface area contributed by atoms with E-state index in [-0.39, 0.29) is 19.0 Å². The summed E-state index contributed by atoms with van der Waals surface area (Å²) in [7, 11) is 1.33. The topological polar surface area (TPSA) is 65.5 Å². The minimum Gasteiger partial charge on any atom is -0.465 e. The number of ether oxygens (including phenoxy) is 2. The molecule has 0 saturated heterocycles. The molecule has 0 unspecified atom stereocenters. The number of hydrogen-bond acceptors (Lipinski definition) is 5. The summed E-state index contributed by atoms with van der Waals surface area (Å²) in [6, 6.07) is 18.6. The van der Waals surface area contributed by atoms with E-state index in [9.17, 15) is 9.59 Å². The molecule has 26 heavy (non-hydrogen) atoms. The van der Waals surface area contributed by atoms with Gasteiger partial charge in [0.15, 0.2) is 0 Å². The lowest BCUT2D eigenvalue weighted by Gasteiger charge is -2.07. The summed E-state index contributed by atoms with van der Waals surface area (Å²) in [5.41, 5.74) is 2.94. The lowest BCUT2D eigenvalue weighted by molar-refractivity contribution is -0.144. The molecule has 132 valence electrons. The number of nitrogens with zero attached hydrogens (tertiary/aromatic N) is 1. The van der Waals surface area contributed by atoms with Gasteiger partial charge >= 0.3 is 11.9 Å². The Bertz CT molecular complexity index is 936. The van der Waals surface area contributed by atoms with Crippen LogP contribution in [0.15, 0.2) is 60.7 Å². The first-order valence-electron chi connectivity index (χ1n) is 8.33. The zero-order valence-electron chi connectivity index (χ0n) is 14.5. The highest BCUT2D eigenvalue weighted by Crippen LogP contribution is 2.13. The molecule has 0 atom stereocenters. The Labute approximate surface area is 151 Å². The zero-order valence-corrected chi connectivity index (χ0v) is 14.5. The van der Waals surface area contributed by atoms with E-state index in [0.29, 0.717) is 12.0 Å². The van der Waals surface area contributed by atoms with Gasteiger partial charge in [-0.25, -0.2) is 4.79 Å². The molecule has 0 fully saturated rings. The number of fused-ring (bicyclic) bond motifs is 1. The van der Waals surface area contributed by atoms with Crippen molar-refractivity contribution in [3.05, 3.63) is 77.5 Å². The lowest BCUT2D eigenvalue weighted by Crippen LogP contribution is -2.07. The van der Waals surface area contributed by atoms with Gasteiger partial charge in [0.05, 0.1) is 24.6 Å². The average Bonchev–Trinajstić information content (AvgIpc) is 2.70. The molecule has 5 nitrogen and oxygen atoms in total. The summed E-state index contributed by atoms with van der Waals surface area (Å²) in [5, 5.41) is 1.07. The Morgan fingerprint density at radius 3 is 2.69 bits per heavy atom. The van der Waals surface area contributed by atoms with Gasteiger partial charge < -0.3 is 9.47 Å². The Morgan fingerprint density at radius 1 is 1.00 bits per heavy atom. The standard InChI is InChI=1S/C21H19NO4/c1-25-21(24)17-7-4-5-15(13-17)14-26-20(23)12-11-18-10-9-16-6-2-3-8-19(16)22-18/h2-10,13H,11-12,14H2,1H3. The van der Waals surface area contributed by atoms with E-state index < -0.39 is 5.97 Å². The third-order valence-corrected chi connectivity index (χ3v) is 3.99. The Hall–Kier alpha value is -3.21. The van der Waals surface area contributed by atoms with Crippen LogP contribution in [0.3, 0.4) is 0 Å². The van der Waals surface area contributed by atoms with Crippen molar-refractivity contribution in [1.29, 1.82) is 0 Å². The molecule has 0 N–H and O–H groups in total. The number of methoxy groups -OCH3 is 1. The van der Waals surface area contributed by atoms with Crippen molar-refractivity contribution in [3.63, 3.8) is 0 Å². The summed E-state index contributed by atoms with van der Waals surface area (Å²) in [6.07, 6.45) is 0.772. The number of benzene rings is 2. The predicted octanol–water partition coefficient (Wildman–Crippen LogP) is 3.70. The number of rotatable bonds is 6. The molecule has 5 heteroatoms. The summed E-state index contributed by atoms with van der Waals surface area (Å²) >= 11 is 0. The monoisotopic (exact) mass is 349 g/mol. The third kappa shape index (κ3) is 4.45. The third-order valence-electron chi connectivity index (χ3n) is 3.99. The summed E-state index contributed by atoms with van der Waals surface area (Å²) < 4.78 is 9.97. The van der Waals surface area contributed by atoms with Crippen LogP contribution in [0.25, 0.3) is 10.9 Å². The second-order valence-electron chi connectivity index (χ2n) is 5.85. The molecule has 0 saturated carbocycles. The zero-order chi connectivity index (χ0) is 18.4. The molecule has 0 radical (unpaired) electrons. The first kappa shape index (κ1) is 17.6. The summed E-state index contributed by atoms with van der Waals surface area (Å²) in [4.78, 5) is 28.1. The molecule has 0 amide bonds. The fourth-order valence-electron chi connectivity index (χ4n) is 2.62. The number of hydrogen-bond donors (Lipinski definition) is 0. The van der Waals surface area contributed by atoms with Crippen LogP contribution in [0, 0.1) is 0 Å². The maximum Gasteiger partial charge on any atom is 0.337 e. The van der Waals surface area contributed by atoms with E-state index in [2.05, 4.69) is 9.72 Å². The van der Waals surface area contributed by atoms with Crippen LogP contribution >= 0.6 is 0 Å². The molecular formula is C21H19NO4. The molecule has 0 aliphatic rings. The van der Waals surface area contributed by atoms with Gasteiger partial charge in [-0.05, 0) is 29.8 Å². The Balaban J connectivity index is 1.53. The van der Waals surface area contributed by atoms with Gasteiger partial charge in [0.1, 0.15) is 6.61 Å².